The molecule has 21 heavy (non-hydrogen) atoms. The monoisotopic (exact) mass is 306 g/mol. The molecule has 2 aromatic rings. The number of carbonyl (C=O) groups excluding carboxylic acids is 2. The molecule has 0 bridgehead atoms. The van der Waals surface area contributed by atoms with Crippen LogP contribution in [0.15, 0.2) is 18.2 Å². The van der Waals surface area contributed by atoms with Crippen molar-refractivity contribution in [2.75, 3.05) is 5.32 Å². The maximum atomic E-state index is 11.6. The summed E-state index contributed by atoms with van der Waals surface area (Å²) in [6.45, 7) is 5.87. The number of carbonyl (C=O) groups is 2. The first-order valence-corrected chi connectivity index (χ1v) is 7.45. The van der Waals surface area contributed by atoms with Gasteiger partial charge in [0, 0.05) is 11.6 Å². The molecule has 1 heterocycles. The van der Waals surface area contributed by atoms with E-state index in [1.54, 1.807) is 18.3 Å². The number of anilines is 1. The van der Waals surface area contributed by atoms with Crippen LogP contribution in [0.1, 0.15) is 31.7 Å². The molecule has 0 spiro atoms. The van der Waals surface area contributed by atoms with E-state index in [1.165, 1.54) is 0 Å². The third-order valence-corrected chi connectivity index (χ3v) is 4.24. The predicted octanol–water partition coefficient (Wildman–Crippen LogP) is 2.42. The minimum atomic E-state index is -0.854. The Bertz CT molecular complexity index is 681. The van der Waals surface area contributed by atoms with Gasteiger partial charge in [-0.25, -0.2) is 9.78 Å². The largest absolute Gasteiger partial charge is 0.374 e. The fourth-order valence-corrected chi connectivity index (χ4v) is 2.83. The minimum absolute atomic E-state index is 0.388. The van der Waals surface area contributed by atoms with Crippen LogP contribution in [0.5, 0.6) is 0 Å². The van der Waals surface area contributed by atoms with E-state index in [-0.39, 0.29) is 0 Å². The third kappa shape index (κ3) is 3.69. The van der Waals surface area contributed by atoms with Gasteiger partial charge in [-0.2, -0.15) is 0 Å². The molecule has 0 saturated carbocycles. The Hall–Kier alpha value is -2.15. The lowest BCUT2D eigenvalue weighted by molar-refractivity contribution is -0.120. The molecule has 4 N–H and O–H groups in total. The zero-order valence-electron chi connectivity index (χ0n) is 12.1. The summed E-state index contributed by atoms with van der Waals surface area (Å²) >= 11 is 1.64. The molecule has 112 valence electrons. The Kier molecular flexibility index (Phi) is 4.42. The molecule has 6 nitrogen and oxygen atoms in total. The van der Waals surface area contributed by atoms with Crippen molar-refractivity contribution in [1.29, 1.82) is 0 Å². The van der Waals surface area contributed by atoms with E-state index in [1.807, 2.05) is 23.5 Å². The Labute approximate surface area is 126 Å². The third-order valence-electron chi connectivity index (χ3n) is 2.92. The summed E-state index contributed by atoms with van der Waals surface area (Å²) in [5, 5.41) is 6.17. The van der Waals surface area contributed by atoms with Crippen molar-refractivity contribution in [2.45, 2.75) is 32.7 Å². The summed E-state index contributed by atoms with van der Waals surface area (Å²) in [5.41, 5.74) is 6.67. The first-order valence-electron chi connectivity index (χ1n) is 6.64. The number of primary amides is 1. The number of hydrogen-bond donors (Lipinski definition) is 3. The second kappa shape index (κ2) is 6.09. The molecule has 1 atom stereocenters. The Morgan fingerprint density at radius 1 is 1.29 bits per heavy atom. The van der Waals surface area contributed by atoms with Crippen molar-refractivity contribution in [3.8, 4) is 0 Å². The van der Waals surface area contributed by atoms with Crippen LogP contribution in [0.2, 0.25) is 0 Å². The van der Waals surface area contributed by atoms with Gasteiger partial charge in [-0.05, 0) is 25.1 Å². The number of amides is 3. The van der Waals surface area contributed by atoms with Crippen LogP contribution in [0, 0.1) is 0 Å². The van der Waals surface area contributed by atoms with E-state index in [2.05, 4.69) is 24.1 Å². The highest BCUT2D eigenvalue weighted by Crippen LogP contribution is 2.29. The van der Waals surface area contributed by atoms with E-state index in [0.29, 0.717) is 5.92 Å². The first-order chi connectivity index (χ1) is 9.86. The van der Waals surface area contributed by atoms with Gasteiger partial charge in [0.05, 0.1) is 15.2 Å². The second-order valence-corrected chi connectivity index (χ2v) is 6.17. The number of urea groups is 1. The molecule has 1 aromatic heterocycles. The van der Waals surface area contributed by atoms with E-state index < -0.39 is 18.0 Å². The smallest absolute Gasteiger partial charge is 0.318 e. The summed E-state index contributed by atoms with van der Waals surface area (Å²) < 4.78 is 1.06. The molecular weight excluding hydrogens is 288 g/mol. The number of fused-ring (bicyclic) bond motifs is 1. The lowest BCUT2D eigenvalue weighted by atomic mass is 10.2. The summed E-state index contributed by atoms with van der Waals surface area (Å²) in [5.74, 6) is -0.0751. The standard InChI is InChI=1S/C14H18N4O2S/c1-7(2)13-17-10-5-4-9(6-11(10)21-13)16-8(3)12(19)18-14(15)20/h4-8,16H,1-3H3,(H3,15,18,19,20)/t8-/m0/s1. The molecule has 0 radical (unpaired) electrons. The SMILES string of the molecule is CC(C)c1nc2ccc(N[C@@H](C)C(=O)NC(N)=O)cc2s1. The van der Waals surface area contributed by atoms with Crippen LogP contribution in [0.3, 0.4) is 0 Å². The molecule has 1 aromatic carbocycles. The average Bonchev–Trinajstić information content (AvgIpc) is 2.81. The molecule has 0 saturated heterocycles. The molecule has 0 aliphatic carbocycles. The van der Waals surface area contributed by atoms with Gasteiger partial charge >= 0.3 is 6.03 Å². The zero-order chi connectivity index (χ0) is 15.6. The van der Waals surface area contributed by atoms with Crippen LogP contribution in [0.4, 0.5) is 10.5 Å². The van der Waals surface area contributed by atoms with Crippen LogP contribution < -0.4 is 16.4 Å². The molecule has 0 unspecified atom stereocenters. The van der Waals surface area contributed by atoms with Crippen LogP contribution in [-0.4, -0.2) is 23.0 Å². The number of imide groups is 1. The second-order valence-electron chi connectivity index (χ2n) is 5.11. The van der Waals surface area contributed by atoms with Crippen molar-refractivity contribution in [3.63, 3.8) is 0 Å². The molecule has 7 heteroatoms. The highest BCUT2D eigenvalue weighted by Gasteiger charge is 2.15. The molecule has 0 aliphatic rings. The summed E-state index contributed by atoms with van der Waals surface area (Å²) in [6, 6.07) is 4.31. The molecule has 0 fully saturated rings. The number of rotatable bonds is 4. The quantitative estimate of drug-likeness (QED) is 0.808. The van der Waals surface area contributed by atoms with Gasteiger partial charge in [0.15, 0.2) is 0 Å². The lowest BCUT2D eigenvalue weighted by Gasteiger charge is -2.13. The number of nitrogens with zero attached hydrogens (tertiary/aromatic N) is 1. The fraction of sp³-hybridized carbons (Fsp3) is 0.357. The van der Waals surface area contributed by atoms with E-state index >= 15 is 0 Å². The topological polar surface area (TPSA) is 97.1 Å². The van der Waals surface area contributed by atoms with E-state index in [0.717, 1.165) is 20.9 Å². The number of benzene rings is 1. The van der Waals surface area contributed by atoms with Gasteiger partial charge in [0.1, 0.15) is 6.04 Å². The van der Waals surface area contributed by atoms with Gasteiger partial charge in [0.2, 0.25) is 5.91 Å². The van der Waals surface area contributed by atoms with Gasteiger partial charge in [-0.15, -0.1) is 11.3 Å². The number of hydrogen-bond acceptors (Lipinski definition) is 5. The van der Waals surface area contributed by atoms with Gasteiger partial charge in [-0.1, -0.05) is 13.8 Å². The highest BCUT2D eigenvalue weighted by molar-refractivity contribution is 7.18. The highest BCUT2D eigenvalue weighted by atomic mass is 32.1. The number of nitrogens with one attached hydrogen (secondary N) is 2. The average molecular weight is 306 g/mol. The number of thiazole rings is 1. The summed E-state index contributed by atoms with van der Waals surface area (Å²) in [6.07, 6.45) is 0. The normalized spacial score (nSPS) is 12.4. The van der Waals surface area contributed by atoms with Crippen LogP contribution >= 0.6 is 11.3 Å². The van der Waals surface area contributed by atoms with Crippen molar-refractivity contribution >= 4 is 39.2 Å². The van der Waals surface area contributed by atoms with Crippen molar-refractivity contribution in [1.82, 2.24) is 10.3 Å². The maximum absolute atomic E-state index is 11.6. The minimum Gasteiger partial charge on any atom is -0.374 e. The molecule has 0 aliphatic heterocycles. The summed E-state index contributed by atoms with van der Waals surface area (Å²) in [7, 11) is 0. The Morgan fingerprint density at radius 3 is 2.62 bits per heavy atom. The predicted molar refractivity (Wildman–Crippen MR) is 84.5 cm³/mol. The van der Waals surface area contributed by atoms with Crippen molar-refractivity contribution in [2.24, 2.45) is 5.73 Å². The van der Waals surface area contributed by atoms with Gasteiger partial charge in [-0.3, -0.25) is 10.1 Å². The van der Waals surface area contributed by atoms with E-state index in [9.17, 15) is 9.59 Å². The van der Waals surface area contributed by atoms with Crippen molar-refractivity contribution in [3.05, 3.63) is 23.2 Å². The van der Waals surface area contributed by atoms with Gasteiger partial charge in [0.25, 0.3) is 0 Å². The van der Waals surface area contributed by atoms with Gasteiger partial charge < -0.3 is 11.1 Å². The first kappa shape index (κ1) is 15.2. The lowest BCUT2D eigenvalue weighted by Crippen LogP contribution is -2.43. The number of aromatic nitrogens is 1. The maximum Gasteiger partial charge on any atom is 0.318 e. The van der Waals surface area contributed by atoms with Crippen molar-refractivity contribution < 1.29 is 9.59 Å². The molecular formula is C14H18N4O2S. The molecule has 3 amide bonds. The van der Waals surface area contributed by atoms with E-state index in [4.69, 9.17) is 5.73 Å². The van der Waals surface area contributed by atoms with Crippen LogP contribution in [-0.2, 0) is 4.79 Å². The fourth-order valence-electron chi connectivity index (χ4n) is 1.82. The molecule has 2 rings (SSSR count). The Balaban J connectivity index is 2.15. The van der Waals surface area contributed by atoms with Crippen LogP contribution in [0.25, 0.3) is 10.2 Å². The zero-order valence-corrected chi connectivity index (χ0v) is 13.0. The number of nitrogens with two attached hydrogens (primary N) is 1. The summed E-state index contributed by atoms with van der Waals surface area (Å²) in [4.78, 5) is 26.9. The Morgan fingerprint density at radius 2 is 2.00 bits per heavy atom.